The van der Waals surface area contributed by atoms with Gasteiger partial charge in [0, 0.05) is 6.20 Å². The van der Waals surface area contributed by atoms with E-state index < -0.39 is 42.4 Å². The van der Waals surface area contributed by atoms with Gasteiger partial charge >= 0.3 is 0 Å². The molecule has 2 aromatic rings. The summed E-state index contributed by atoms with van der Waals surface area (Å²) in [5.74, 6) is 4.17. The summed E-state index contributed by atoms with van der Waals surface area (Å²) < 4.78 is 19.3. The number of nitrogens with one attached hydrogen (secondary N) is 1. The standard InChI is InChI=1S/C15H17FN4O5/c1-7(21)9-10(22)15(24,4-2-5-16)13(25-9)20-6-3-8-11(20)18-14(17)19-12(8)23/h3,6-7,9-10,13,21-22,24H,5H2,1H3,(H3,17,18,19,23)/t7-,9+,10?,13+,15+/m0/s1. The maximum Gasteiger partial charge on any atom is 0.261 e. The minimum absolute atomic E-state index is 0.0881. The number of aliphatic hydroxyl groups excluding tert-OH is 2. The van der Waals surface area contributed by atoms with Gasteiger partial charge in [0.1, 0.15) is 18.9 Å². The molecular weight excluding hydrogens is 335 g/mol. The van der Waals surface area contributed by atoms with Crippen molar-refractivity contribution < 1.29 is 24.4 Å². The molecule has 10 heteroatoms. The predicted molar refractivity (Wildman–Crippen MR) is 85.1 cm³/mol. The fraction of sp³-hybridized carbons (Fsp3) is 0.467. The Hall–Kier alpha value is -2.45. The summed E-state index contributed by atoms with van der Waals surface area (Å²) in [7, 11) is 0. The first kappa shape index (κ1) is 17.4. The second-order valence-electron chi connectivity index (χ2n) is 5.81. The number of nitrogens with zero attached hydrogens (tertiary/aromatic N) is 2. The summed E-state index contributed by atoms with van der Waals surface area (Å²) in [5, 5.41) is 31.2. The van der Waals surface area contributed by atoms with Crippen LogP contribution in [0.5, 0.6) is 0 Å². The van der Waals surface area contributed by atoms with Crippen LogP contribution in [0, 0.1) is 11.8 Å². The largest absolute Gasteiger partial charge is 0.391 e. The van der Waals surface area contributed by atoms with Crippen molar-refractivity contribution >= 4 is 17.0 Å². The zero-order valence-electron chi connectivity index (χ0n) is 13.2. The van der Waals surface area contributed by atoms with E-state index in [-0.39, 0.29) is 17.0 Å². The average Bonchev–Trinajstić information content (AvgIpc) is 3.06. The Balaban J connectivity index is 2.18. The quantitative estimate of drug-likeness (QED) is 0.420. The van der Waals surface area contributed by atoms with Crippen LogP contribution >= 0.6 is 0 Å². The van der Waals surface area contributed by atoms with Crippen molar-refractivity contribution in [3.05, 3.63) is 22.6 Å². The van der Waals surface area contributed by atoms with Crippen LogP contribution < -0.4 is 11.3 Å². The Morgan fingerprint density at radius 3 is 3.00 bits per heavy atom. The van der Waals surface area contributed by atoms with Crippen LogP contribution in [0.15, 0.2) is 17.1 Å². The third-order valence-corrected chi connectivity index (χ3v) is 4.11. The molecule has 0 aliphatic carbocycles. The molecule has 1 fully saturated rings. The molecule has 0 spiro atoms. The Morgan fingerprint density at radius 1 is 1.64 bits per heavy atom. The number of ether oxygens (including phenoxy) is 1. The Labute approximate surface area is 140 Å². The first-order valence-corrected chi connectivity index (χ1v) is 7.46. The molecule has 5 atom stereocenters. The van der Waals surface area contributed by atoms with E-state index in [2.05, 4.69) is 21.8 Å². The van der Waals surface area contributed by atoms with Gasteiger partial charge in [-0.25, -0.2) is 4.39 Å². The van der Waals surface area contributed by atoms with Crippen LogP contribution in [0.25, 0.3) is 11.0 Å². The number of aromatic amines is 1. The topological polar surface area (TPSA) is 147 Å². The first-order chi connectivity index (χ1) is 11.8. The van der Waals surface area contributed by atoms with Crippen LogP contribution in [-0.4, -0.2) is 60.4 Å². The van der Waals surface area contributed by atoms with Crippen molar-refractivity contribution in [2.75, 3.05) is 12.4 Å². The van der Waals surface area contributed by atoms with Gasteiger partial charge in [-0.05, 0) is 13.0 Å². The molecule has 0 amide bonds. The zero-order chi connectivity index (χ0) is 18.4. The van der Waals surface area contributed by atoms with Gasteiger partial charge in [-0.3, -0.25) is 9.78 Å². The number of H-pyrrole nitrogens is 1. The molecule has 0 radical (unpaired) electrons. The smallest absolute Gasteiger partial charge is 0.261 e. The lowest BCUT2D eigenvalue weighted by molar-refractivity contribution is -0.0845. The number of halogens is 1. The molecule has 134 valence electrons. The third kappa shape index (κ3) is 2.67. The maximum absolute atomic E-state index is 12.5. The van der Waals surface area contributed by atoms with Gasteiger partial charge in [-0.15, -0.1) is 0 Å². The number of aromatic nitrogens is 3. The van der Waals surface area contributed by atoms with Gasteiger partial charge < -0.3 is 30.4 Å². The number of aliphatic hydroxyl groups is 3. The second kappa shape index (κ2) is 6.12. The van der Waals surface area contributed by atoms with E-state index in [1.165, 1.54) is 23.8 Å². The highest BCUT2D eigenvalue weighted by molar-refractivity contribution is 5.76. The molecule has 1 aliphatic rings. The number of anilines is 1. The van der Waals surface area contributed by atoms with Crippen LogP contribution in [0.4, 0.5) is 10.3 Å². The number of alkyl halides is 1. The lowest BCUT2D eigenvalue weighted by atomic mass is 9.92. The maximum atomic E-state index is 12.5. The van der Waals surface area contributed by atoms with Gasteiger partial charge in [0.15, 0.2) is 17.5 Å². The lowest BCUT2D eigenvalue weighted by Crippen LogP contribution is -2.47. The van der Waals surface area contributed by atoms with Gasteiger partial charge in [-0.2, -0.15) is 4.98 Å². The fourth-order valence-electron chi connectivity index (χ4n) is 2.94. The molecular formula is C15H17FN4O5. The van der Waals surface area contributed by atoms with Crippen LogP contribution in [-0.2, 0) is 4.74 Å². The fourth-order valence-corrected chi connectivity index (χ4v) is 2.94. The van der Waals surface area contributed by atoms with Crippen molar-refractivity contribution in [1.82, 2.24) is 14.5 Å². The summed E-state index contributed by atoms with van der Waals surface area (Å²) in [6.45, 7) is 0.326. The van der Waals surface area contributed by atoms with E-state index in [4.69, 9.17) is 10.5 Å². The van der Waals surface area contributed by atoms with Crippen LogP contribution in [0.2, 0.25) is 0 Å². The highest BCUT2D eigenvalue weighted by Crippen LogP contribution is 2.40. The summed E-state index contributed by atoms with van der Waals surface area (Å²) >= 11 is 0. The monoisotopic (exact) mass is 352 g/mol. The van der Waals surface area contributed by atoms with Gasteiger partial charge in [0.25, 0.3) is 5.56 Å². The van der Waals surface area contributed by atoms with Gasteiger partial charge in [0.05, 0.1) is 11.5 Å². The highest BCUT2D eigenvalue weighted by Gasteiger charge is 2.57. The molecule has 1 aliphatic heterocycles. The average molecular weight is 352 g/mol. The van der Waals surface area contributed by atoms with Crippen LogP contribution in [0.1, 0.15) is 13.2 Å². The van der Waals surface area contributed by atoms with Crippen molar-refractivity contribution in [3.63, 3.8) is 0 Å². The Bertz CT molecular complexity index is 914. The molecule has 3 rings (SSSR count). The normalized spacial score (nSPS) is 30.2. The third-order valence-electron chi connectivity index (χ3n) is 4.11. The summed E-state index contributed by atoms with van der Waals surface area (Å²) in [6, 6.07) is 1.43. The second-order valence-corrected chi connectivity index (χ2v) is 5.81. The Kier molecular flexibility index (Phi) is 4.26. The van der Waals surface area contributed by atoms with Gasteiger partial charge in [0.2, 0.25) is 5.95 Å². The SMILES string of the molecule is C[C@H](O)[C@H]1O[C@@H](n2ccc3c(=O)[nH]c(N)nc32)[C@@](O)(C#CCF)C1O. The first-order valence-electron chi connectivity index (χ1n) is 7.46. The molecule has 0 bridgehead atoms. The number of hydrogen-bond acceptors (Lipinski definition) is 7. The molecule has 0 aromatic carbocycles. The molecule has 1 saturated heterocycles. The van der Waals surface area contributed by atoms with Crippen molar-refractivity contribution in [1.29, 1.82) is 0 Å². The molecule has 9 nitrogen and oxygen atoms in total. The molecule has 25 heavy (non-hydrogen) atoms. The minimum atomic E-state index is -2.22. The van der Waals surface area contributed by atoms with Crippen molar-refractivity contribution in [2.24, 2.45) is 0 Å². The number of nitrogen functional groups attached to an aromatic ring is 1. The highest BCUT2D eigenvalue weighted by atomic mass is 19.1. The van der Waals surface area contributed by atoms with E-state index in [1.807, 2.05) is 0 Å². The van der Waals surface area contributed by atoms with E-state index in [9.17, 15) is 24.5 Å². The number of fused-ring (bicyclic) bond motifs is 1. The minimum Gasteiger partial charge on any atom is -0.391 e. The van der Waals surface area contributed by atoms with Crippen LogP contribution in [0.3, 0.4) is 0 Å². The summed E-state index contributed by atoms with van der Waals surface area (Å²) in [4.78, 5) is 18.3. The molecule has 1 unspecified atom stereocenters. The number of nitrogens with two attached hydrogens (primary N) is 1. The molecule has 3 heterocycles. The predicted octanol–water partition coefficient (Wildman–Crippen LogP) is -1.35. The van der Waals surface area contributed by atoms with Gasteiger partial charge in [-0.1, -0.05) is 11.8 Å². The zero-order valence-corrected chi connectivity index (χ0v) is 13.2. The van der Waals surface area contributed by atoms with E-state index in [0.29, 0.717) is 0 Å². The van der Waals surface area contributed by atoms with E-state index in [0.717, 1.165) is 0 Å². The molecule has 6 N–H and O–H groups in total. The van der Waals surface area contributed by atoms with E-state index in [1.54, 1.807) is 0 Å². The van der Waals surface area contributed by atoms with Crippen molar-refractivity contribution in [2.45, 2.75) is 37.1 Å². The van der Waals surface area contributed by atoms with Crippen molar-refractivity contribution in [3.8, 4) is 11.8 Å². The number of rotatable bonds is 2. The Morgan fingerprint density at radius 2 is 2.36 bits per heavy atom. The summed E-state index contributed by atoms with van der Waals surface area (Å²) in [5.41, 5.74) is 2.92. The summed E-state index contributed by atoms with van der Waals surface area (Å²) in [6.07, 6.45) is -3.88. The molecule has 0 saturated carbocycles. The van der Waals surface area contributed by atoms with E-state index >= 15 is 0 Å². The lowest BCUT2D eigenvalue weighted by Gasteiger charge is -2.26. The molecule has 2 aromatic heterocycles. The number of hydrogen-bond donors (Lipinski definition) is 5.